The van der Waals surface area contributed by atoms with Crippen molar-refractivity contribution >= 4 is 23.2 Å². The number of aromatic nitrogens is 1. The highest BCUT2D eigenvalue weighted by molar-refractivity contribution is 7.12. The highest BCUT2D eigenvalue weighted by Gasteiger charge is 2.34. The zero-order chi connectivity index (χ0) is 15.8. The number of oxazole rings is 1. The second-order valence-electron chi connectivity index (χ2n) is 6.02. The van der Waals surface area contributed by atoms with Gasteiger partial charge in [0.05, 0.1) is 11.4 Å². The van der Waals surface area contributed by atoms with E-state index in [9.17, 15) is 9.59 Å². The maximum absolute atomic E-state index is 12.6. The van der Waals surface area contributed by atoms with Crippen molar-refractivity contribution < 1.29 is 14.0 Å². The van der Waals surface area contributed by atoms with Crippen LogP contribution in [0.25, 0.3) is 0 Å². The molecule has 0 aliphatic heterocycles. The van der Waals surface area contributed by atoms with Crippen LogP contribution in [0.2, 0.25) is 0 Å². The number of carbonyl (C=O) groups is 2. The number of amides is 2. The SMILES string of the molecule is O=C(NC1CC1)c1coc(CN(C(=O)c2cccs2)C2CC2)n1. The summed E-state index contributed by atoms with van der Waals surface area (Å²) in [6, 6.07) is 4.23. The van der Waals surface area contributed by atoms with E-state index in [2.05, 4.69) is 10.3 Å². The van der Waals surface area contributed by atoms with E-state index in [1.807, 2.05) is 17.5 Å². The fourth-order valence-electron chi connectivity index (χ4n) is 2.42. The summed E-state index contributed by atoms with van der Waals surface area (Å²) in [6.45, 7) is 0.304. The Balaban J connectivity index is 1.45. The summed E-state index contributed by atoms with van der Waals surface area (Å²) >= 11 is 1.43. The van der Waals surface area contributed by atoms with E-state index in [1.165, 1.54) is 17.6 Å². The van der Waals surface area contributed by atoms with Gasteiger partial charge in [-0.25, -0.2) is 4.98 Å². The zero-order valence-corrected chi connectivity index (χ0v) is 13.3. The minimum absolute atomic E-state index is 0.00434. The van der Waals surface area contributed by atoms with Gasteiger partial charge in [-0.1, -0.05) is 6.07 Å². The van der Waals surface area contributed by atoms with Crippen molar-refractivity contribution in [1.29, 1.82) is 0 Å². The molecule has 23 heavy (non-hydrogen) atoms. The molecular formula is C16H17N3O3S. The molecule has 2 fully saturated rings. The van der Waals surface area contributed by atoms with Gasteiger partial charge in [-0.05, 0) is 37.1 Å². The van der Waals surface area contributed by atoms with Crippen LogP contribution in [0.5, 0.6) is 0 Å². The second-order valence-corrected chi connectivity index (χ2v) is 6.96. The lowest BCUT2D eigenvalue weighted by Crippen LogP contribution is -2.32. The van der Waals surface area contributed by atoms with Gasteiger partial charge in [0.2, 0.25) is 5.89 Å². The molecule has 1 N–H and O–H groups in total. The first-order valence-corrected chi connectivity index (χ1v) is 8.68. The van der Waals surface area contributed by atoms with E-state index >= 15 is 0 Å². The van der Waals surface area contributed by atoms with E-state index in [0.29, 0.717) is 12.4 Å². The largest absolute Gasteiger partial charge is 0.446 e. The lowest BCUT2D eigenvalue weighted by atomic mass is 10.3. The smallest absolute Gasteiger partial charge is 0.273 e. The molecule has 0 radical (unpaired) electrons. The third-order valence-electron chi connectivity index (χ3n) is 3.98. The molecule has 2 aliphatic rings. The highest BCUT2D eigenvalue weighted by atomic mass is 32.1. The standard InChI is InChI=1S/C16H17N3O3S/c20-15(17-10-3-4-10)12-9-22-14(18-12)8-19(11-5-6-11)16(21)13-2-1-7-23-13/h1-2,7,9-11H,3-6,8H2,(H,17,20). The molecule has 0 bridgehead atoms. The van der Waals surface area contributed by atoms with Crippen LogP contribution in [0.15, 0.2) is 28.2 Å². The Morgan fingerprint density at radius 1 is 1.35 bits per heavy atom. The first-order chi connectivity index (χ1) is 11.2. The predicted molar refractivity (Wildman–Crippen MR) is 84.2 cm³/mol. The maximum atomic E-state index is 12.6. The molecule has 2 amide bonds. The molecular weight excluding hydrogens is 314 g/mol. The van der Waals surface area contributed by atoms with Gasteiger partial charge in [-0.15, -0.1) is 11.3 Å². The fraction of sp³-hybridized carbons (Fsp3) is 0.438. The summed E-state index contributed by atoms with van der Waals surface area (Å²) in [6.07, 6.45) is 5.44. The first kappa shape index (κ1) is 14.4. The number of carbonyl (C=O) groups excluding carboxylic acids is 2. The van der Waals surface area contributed by atoms with Crippen LogP contribution in [0, 0.1) is 0 Å². The first-order valence-electron chi connectivity index (χ1n) is 7.80. The third-order valence-corrected chi connectivity index (χ3v) is 4.84. The summed E-state index contributed by atoms with van der Waals surface area (Å²) in [5.74, 6) is 0.206. The monoisotopic (exact) mass is 331 g/mol. The summed E-state index contributed by atoms with van der Waals surface area (Å²) < 4.78 is 5.40. The molecule has 120 valence electrons. The molecule has 6 nitrogen and oxygen atoms in total. The topological polar surface area (TPSA) is 75.4 Å². The summed E-state index contributed by atoms with van der Waals surface area (Å²) in [5.41, 5.74) is 0.284. The number of thiophene rings is 1. The van der Waals surface area contributed by atoms with E-state index in [0.717, 1.165) is 30.6 Å². The van der Waals surface area contributed by atoms with Crippen LogP contribution >= 0.6 is 11.3 Å². The van der Waals surface area contributed by atoms with Crippen molar-refractivity contribution in [2.24, 2.45) is 0 Å². The lowest BCUT2D eigenvalue weighted by Gasteiger charge is -2.19. The Morgan fingerprint density at radius 2 is 2.17 bits per heavy atom. The minimum atomic E-state index is -0.204. The van der Waals surface area contributed by atoms with Gasteiger partial charge in [0.15, 0.2) is 5.69 Å². The molecule has 0 aromatic carbocycles. The van der Waals surface area contributed by atoms with Crippen LogP contribution in [-0.4, -0.2) is 33.8 Å². The Bertz CT molecular complexity index is 717. The summed E-state index contributed by atoms with van der Waals surface area (Å²) in [5, 5.41) is 4.77. The molecule has 2 aromatic rings. The highest BCUT2D eigenvalue weighted by Crippen LogP contribution is 2.30. The molecule has 2 aromatic heterocycles. The van der Waals surface area contributed by atoms with Gasteiger partial charge in [-0.2, -0.15) is 0 Å². The third kappa shape index (κ3) is 3.29. The number of hydrogen-bond donors (Lipinski definition) is 1. The van der Waals surface area contributed by atoms with E-state index < -0.39 is 0 Å². The van der Waals surface area contributed by atoms with Crippen molar-refractivity contribution in [2.75, 3.05) is 0 Å². The van der Waals surface area contributed by atoms with Crippen LogP contribution in [0.3, 0.4) is 0 Å². The molecule has 0 saturated heterocycles. The van der Waals surface area contributed by atoms with Crippen LogP contribution in [-0.2, 0) is 6.54 Å². The normalized spacial score (nSPS) is 17.0. The maximum Gasteiger partial charge on any atom is 0.273 e. The molecule has 2 saturated carbocycles. The lowest BCUT2D eigenvalue weighted by molar-refractivity contribution is 0.0719. The molecule has 4 rings (SSSR count). The van der Waals surface area contributed by atoms with Crippen LogP contribution in [0.4, 0.5) is 0 Å². The molecule has 0 spiro atoms. The minimum Gasteiger partial charge on any atom is -0.446 e. The van der Waals surface area contributed by atoms with Crippen molar-refractivity contribution in [3.8, 4) is 0 Å². The van der Waals surface area contributed by atoms with Crippen molar-refractivity contribution in [3.63, 3.8) is 0 Å². The van der Waals surface area contributed by atoms with Crippen LogP contribution in [0.1, 0.15) is 51.7 Å². The Morgan fingerprint density at radius 3 is 2.83 bits per heavy atom. The Kier molecular flexibility index (Phi) is 3.65. The van der Waals surface area contributed by atoms with Gasteiger partial charge in [-0.3, -0.25) is 9.59 Å². The van der Waals surface area contributed by atoms with E-state index in [-0.39, 0.29) is 29.6 Å². The van der Waals surface area contributed by atoms with Crippen molar-refractivity contribution in [2.45, 2.75) is 44.3 Å². The van der Waals surface area contributed by atoms with Gasteiger partial charge < -0.3 is 14.6 Å². The second kappa shape index (κ2) is 5.81. The average Bonchev–Trinajstić information content (AvgIpc) is 3.45. The Labute approximate surface area is 137 Å². The van der Waals surface area contributed by atoms with Crippen LogP contribution < -0.4 is 5.32 Å². The van der Waals surface area contributed by atoms with Gasteiger partial charge in [0, 0.05) is 12.1 Å². The van der Waals surface area contributed by atoms with Crippen molar-refractivity contribution in [1.82, 2.24) is 15.2 Å². The van der Waals surface area contributed by atoms with Gasteiger partial charge in [0.1, 0.15) is 6.26 Å². The van der Waals surface area contributed by atoms with Gasteiger partial charge in [0.25, 0.3) is 11.8 Å². The van der Waals surface area contributed by atoms with E-state index in [1.54, 1.807) is 4.90 Å². The molecule has 7 heteroatoms. The quantitative estimate of drug-likeness (QED) is 0.882. The van der Waals surface area contributed by atoms with Gasteiger partial charge >= 0.3 is 0 Å². The number of nitrogens with zero attached hydrogens (tertiary/aromatic N) is 2. The number of nitrogens with one attached hydrogen (secondary N) is 1. The fourth-order valence-corrected chi connectivity index (χ4v) is 3.09. The van der Waals surface area contributed by atoms with E-state index in [4.69, 9.17) is 4.42 Å². The summed E-state index contributed by atoms with van der Waals surface area (Å²) in [4.78, 5) is 31.3. The number of rotatable bonds is 6. The zero-order valence-electron chi connectivity index (χ0n) is 12.5. The molecule has 0 atom stereocenters. The number of hydrogen-bond acceptors (Lipinski definition) is 5. The molecule has 0 unspecified atom stereocenters. The molecule has 2 heterocycles. The molecule has 2 aliphatic carbocycles. The average molecular weight is 331 g/mol. The predicted octanol–water partition coefficient (Wildman–Crippen LogP) is 2.43. The Hall–Kier alpha value is -2.15. The summed E-state index contributed by atoms with van der Waals surface area (Å²) in [7, 11) is 0. The van der Waals surface area contributed by atoms with Crippen molar-refractivity contribution in [3.05, 3.63) is 40.2 Å².